The van der Waals surface area contributed by atoms with Gasteiger partial charge in [0.15, 0.2) is 0 Å². The number of hydrogen-bond acceptors (Lipinski definition) is 4. The number of carbonyl (C=O) groups is 1. The van der Waals surface area contributed by atoms with Crippen molar-refractivity contribution in [3.8, 4) is 5.75 Å². The van der Waals surface area contributed by atoms with Crippen molar-refractivity contribution in [3.05, 3.63) is 23.8 Å². The van der Waals surface area contributed by atoms with E-state index < -0.39 is 11.7 Å². The Bertz CT molecular complexity index is 467. The highest BCUT2D eigenvalue weighted by Gasteiger charge is 2.15. The van der Waals surface area contributed by atoms with Gasteiger partial charge in [0.05, 0.1) is 6.54 Å². The van der Waals surface area contributed by atoms with Crippen LogP contribution in [0.3, 0.4) is 0 Å². The van der Waals surface area contributed by atoms with Crippen molar-refractivity contribution in [2.45, 2.75) is 46.1 Å². The Hall–Kier alpha value is -1.91. The summed E-state index contributed by atoms with van der Waals surface area (Å²) in [6.45, 7) is 8.36. The first kappa shape index (κ1) is 17.1. The summed E-state index contributed by atoms with van der Waals surface area (Å²) in [6.07, 6.45) is 1.53. The highest BCUT2D eigenvalue weighted by molar-refractivity contribution is 5.67. The third-order valence-corrected chi connectivity index (χ3v) is 2.67. The number of alkyl carbamates (subject to hydrolysis) is 1. The molecule has 0 spiro atoms. The second-order valence-electron chi connectivity index (χ2n) is 5.89. The second-order valence-corrected chi connectivity index (χ2v) is 5.89. The molecule has 0 aromatic heterocycles. The summed E-state index contributed by atoms with van der Waals surface area (Å²) in [5, 5.41) is 2.65. The molecule has 1 aromatic rings. The van der Waals surface area contributed by atoms with Gasteiger partial charge in [-0.15, -0.1) is 0 Å². The van der Waals surface area contributed by atoms with Crippen LogP contribution < -0.4 is 15.8 Å². The summed E-state index contributed by atoms with van der Waals surface area (Å²) in [5.74, 6) is 0.763. The summed E-state index contributed by atoms with van der Waals surface area (Å²) < 4.78 is 10.7. The zero-order valence-corrected chi connectivity index (χ0v) is 13.4. The lowest BCUT2D eigenvalue weighted by atomic mass is 10.1. The van der Waals surface area contributed by atoms with Crippen molar-refractivity contribution in [2.75, 3.05) is 18.9 Å². The van der Waals surface area contributed by atoms with Crippen LogP contribution in [-0.2, 0) is 11.2 Å². The molecule has 0 fully saturated rings. The normalized spacial score (nSPS) is 11.0. The first-order valence-corrected chi connectivity index (χ1v) is 7.30. The molecule has 21 heavy (non-hydrogen) atoms. The number of rotatable bonds is 6. The van der Waals surface area contributed by atoms with Gasteiger partial charge >= 0.3 is 6.09 Å². The van der Waals surface area contributed by atoms with Gasteiger partial charge in [-0.1, -0.05) is 13.3 Å². The van der Waals surface area contributed by atoms with Crippen LogP contribution >= 0.6 is 0 Å². The van der Waals surface area contributed by atoms with Crippen molar-refractivity contribution < 1.29 is 14.3 Å². The predicted octanol–water partition coefficient (Wildman–Crippen LogP) is 3.12. The van der Waals surface area contributed by atoms with Crippen molar-refractivity contribution >= 4 is 11.8 Å². The van der Waals surface area contributed by atoms with Crippen molar-refractivity contribution in [2.24, 2.45) is 0 Å². The number of nitrogens with two attached hydrogens (primary N) is 1. The van der Waals surface area contributed by atoms with Gasteiger partial charge in [0.2, 0.25) is 0 Å². The van der Waals surface area contributed by atoms with Crippen LogP contribution in [0.5, 0.6) is 5.75 Å². The molecular formula is C16H26N2O3. The SMILES string of the molecule is CCCc1cc(OCCNC(=O)OC(C)(C)C)ccc1N. The fraction of sp³-hybridized carbons (Fsp3) is 0.562. The molecule has 3 N–H and O–H groups in total. The number of ether oxygens (including phenoxy) is 2. The number of nitrogen functional groups attached to an aromatic ring is 1. The molecule has 0 aliphatic carbocycles. The Labute approximate surface area is 126 Å². The number of amides is 1. The van der Waals surface area contributed by atoms with E-state index in [1.54, 1.807) is 0 Å². The van der Waals surface area contributed by atoms with Crippen molar-refractivity contribution in [1.82, 2.24) is 5.32 Å². The number of hydrogen-bond donors (Lipinski definition) is 2. The van der Waals surface area contributed by atoms with E-state index in [0.717, 1.165) is 29.8 Å². The van der Waals surface area contributed by atoms with Crippen molar-refractivity contribution in [1.29, 1.82) is 0 Å². The molecule has 0 bridgehead atoms. The van der Waals surface area contributed by atoms with E-state index >= 15 is 0 Å². The lowest BCUT2D eigenvalue weighted by Crippen LogP contribution is -2.34. The standard InChI is InChI=1S/C16H26N2O3/c1-5-6-12-11-13(7-8-14(12)17)20-10-9-18-15(19)21-16(2,3)4/h7-8,11H,5-6,9-10,17H2,1-4H3,(H,18,19). The van der Waals surface area contributed by atoms with Gasteiger partial charge < -0.3 is 20.5 Å². The van der Waals surface area contributed by atoms with Gasteiger partial charge in [0.25, 0.3) is 0 Å². The van der Waals surface area contributed by atoms with E-state index in [-0.39, 0.29) is 0 Å². The zero-order chi connectivity index (χ0) is 15.9. The minimum absolute atomic E-state index is 0.384. The van der Waals surface area contributed by atoms with E-state index in [4.69, 9.17) is 15.2 Å². The molecule has 1 aromatic carbocycles. The molecule has 0 atom stereocenters. The average Bonchev–Trinajstić information content (AvgIpc) is 2.36. The van der Waals surface area contributed by atoms with E-state index in [1.807, 2.05) is 39.0 Å². The highest BCUT2D eigenvalue weighted by Crippen LogP contribution is 2.20. The van der Waals surface area contributed by atoms with E-state index in [1.165, 1.54) is 0 Å². The molecule has 0 saturated heterocycles. The van der Waals surface area contributed by atoms with Crippen molar-refractivity contribution in [3.63, 3.8) is 0 Å². The van der Waals surface area contributed by atoms with Crippen LogP contribution in [0.4, 0.5) is 10.5 Å². The van der Waals surface area contributed by atoms with Crippen LogP contribution in [0.15, 0.2) is 18.2 Å². The van der Waals surface area contributed by atoms with Gasteiger partial charge in [-0.2, -0.15) is 0 Å². The molecule has 0 saturated carbocycles. The van der Waals surface area contributed by atoms with Gasteiger partial charge in [0, 0.05) is 5.69 Å². The molecule has 0 aliphatic rings. The number of carbonyl (C=O) groups excluding carboxylic acids is 1. The molecule has 5 heteroatoms. The molecule has 0 radical (unpaired) electrons. The molecule has 5 nitrogen and oxygen atoms in total. The molecule has 0 aliphatic heterocycles. The molecular weight excluding hydrogens is 268 g/mol. The van der Waals surface area contributed by atoms with Gasteiger partial charge in [0.1, 0.15) is 18.0 Å². The number of nitrogens with one attached hydrogen (secondary N) is 1. The second kappa shape index (κ2) is 7.76. The fourth-order valence-corrected chi connectivity index (χ4v) is 1.79. The lowest BCUT2D eigenvalue weighted by Gasteiger charge is -2.19. The summed E-state index contributed by atoms with van der Waals surface area (Å²) in [6, 6.07) is 5.63. The minimum atomic E-state index is -0.489. The quantitative estimate of drug-likeness (QED) is 0.624. The Morgan fingerprint density at radius 3 is 2.67 bits per heavy atom. The molecule has 1 amide bonds. The Kier molecular flexibility index (Phi) is 6.34. The number of anilines is 1. The van der Waals surface area contributed by atoms with Crippen LogP contribution in [0, 0.1) is 0 Å². The third kappa shape index (κ3) is 6.88. The molecule has 0 unspecified atom stereocenters. The van der Waals surface area contributed by atoms with Gasteiger partial charge in [-0.25, -0.2) is 4.79 Å². The summed E-state index contributed by atoms with van der Waals surface area (Å²) in [5.41, 5.74) is 7.29. The topological polar surface area (TPSA) is 73.6 Å². The lowest BCUT2D eigenvalue weighted by molar-refractivity contribution is 0.0520. The number of aryl methyl sites for hydroxylation is 1. The summed E-state index contributed by atoms with van der Waals surface area (Å²) in [7, 11) is 0. The minimum Gasteiger partial charge on any atom is -0.492 e. The van der Waals surface area contributed by atoms with E-state index in [0.29, 0.717) is 13.2 Å². The van der Waals surface area contributed by atoms with Crippen LogP contribution in [0.25, 0.3) is 0 Å². The smallest absolute Gasteiger partial charge is 0.407 e. The van der Waals surface area contributed by atoms with Gasteiger partial charge in [-0.05, 0) is 51.0 Å². The number of benzene rings is 1. The molecule has 1 rings (SSSR count). The maximum absolute atomic E-state index is 11.4. The maximum atomic E-state index is 11.4. The Morgan fingerprint density at radius 1 is 1.33 bits per heavy atom. The summed E-state index contributed by atoms with van der Waals surface area (Å²) in [4.78, 5) is 11.4. The maximum Gasteiger partial charge on any atom is 0.407 e. The zero-order valence-electron chi connectivity index (χ0n) is 13.4. The summed E-state index contributed by atoms with van der Waals surface area (Å²) >= 11 is 0. The monoisotopic (exact) mass is 294 g/mol. The molecule has 118 valence electrons. The predicted molar refractivity (Wildman–Crippen MR) is 84.6 cm³/mol. The van der Waals surface area contributed by atoms with Gasteiger partial charge in [-0.3, -0.25) is 0 Å². The Morgan fingerprint density at radius 2 is 2.05 bits per heavy atom. The van der Waals surface area contributed by atoms with Crippen LogP contribution in [0.2, 0.25) is 0 Å². The largest absolute Gasteiger partial charge is 0.492 e. The average molecular weight is 294 g/mol. The first-order chi connectivity index (χ1) is 9.81. The highest BCUT2D eigenvalue weighted by atomic mass is 16.6. The first-order valence-electron chi connectivity index (χ1n) is 7.30. The van der Waals surface area contributed by atoms with Crippen LogP contribution in [0.1, 0.15) is 39.7 Å². The van der Waals surface area contributed by atoms with E-state index in [2.05, 4.69) is 12.2 Å². The third-order valence-electron chi connectivity index (χ3n) is 2.67. The molecule has 0 heterocycles. The van der Waals surface area contributed by atoms with E-state index in [9.17, 15) is 4.79 Å². The van der Waals surface area contributed by atoms with Crippen LogP contribution in [-0.4, -0.2) is 24.8 Å². The Balaban J connectivity index is 2.36. The fourth-order valence-electron chi connectivity index (χ4n) is 1.79.